The molecule has 0 aromatic carbocycles. The Morgan fingerprint density at radius 3 is 3.00 bits per heavy atom. The predicted molar refractivity (Wildman–Crippen MR) is 55.6 cm³/mol. The number of H-pyrrole nitrogens is 1. The highest BCUT2D eigenvalue weighted by Crippen LogP contribution is 2.27. The minimum Gasteiger partial charge on any atom is -0.382 e. The fraction of sp³-hybridized carbons (Fsp3) is 0.333. The van der Waals surface area contributed by atoms with Gasteiger partial charge in [-0.15, -0.1) is 0 Å². The lowest BCUT2D eigenvalue weighted by Crippen LogP contribution is -2.09. The summed E-state index contributed by atoms with van der Waals surface area (Å²) in [6.45, 7) is 2.60. The van der Waals surface area contributed by atoms with Gasteiger partial charge in [-0.1, -0.05) is 11.6 Å². The molecule has 0 fully saturated rings. The lowest BCUT2D eigenvalue weighted by atomic mass is 10.1. The number of aliphatic hydroxyl groups excluding tert-OH is 1. The molecular formula is C9H11ClN4O. The number of halogens is 1. The minimum absolute atomic E-state index is 0.463. The molecular weight excluding hydrogens is 216 g/mol. The van der Waals surface area contributed by atoms with Gasteiger partial charge in [-0.2, -0.15) is 10.2 Å². The van der Waals surface area contributed by atoms with Crippen molar-refractivity contribution >= 4 is 11.6 Å². The molecule has 0 spiro atoms. The molecule has 15 heavy (non-hydrogen) atoms. The molecule has 1 atom stereocenters. The number of nitrogens with zero attached hydrogens (tertiary/aromatic N) is 3. The molecule has 80 valence electrons. The summed E-state index contributed by atoms with van der Waals surface area (Å²) in [6.07, 6.45) is 3.93. The highest BCUT2D eigenvalue weighted by Gasteiger charge is 2.19. The van der Waals surface area contributed by atoms with E-state index in [0.29, 0.717) is 22.8 Å². The standard InChI is InChI=1S/C9H11ClN4O/c1-2-14-8(7(10)5-13-14)9(15)6-3-11-12-4-6/h3-5,9,15H,2H2,1H3,(H,11,12). The number of aryl methyl sites for hydroxylation is 1. The largest absolute Gasteiger partial charge is 0.382 e. The van der Waals surface area contributed by atoms with Gasteiger partial charge < -0.3 is 5.11 Å². The smallest absolute Gasteiger partial charge is 0.125 e. The fourth-order valence-electron chi connectivity index (χ4n) is 1.46. The van der Waals surface area contributed by atoms with Crippen molar-refractivity contribution in [2.45, 2.75) is 19.6 Å². The second-order valence-electron chi connectivity index (χ2n) is 3.13. The molecule has 6 heteroatoms. The second-order valence-corrected chi connectivity index (χ2v) is 3.53. The molecule has 0 aliphatic rings. The van der Waals surface area contributed by atoms with Gasteiger partial charge in [0.2, 0.25) is 0 Å². The van der Waals surface area contributed by atoms with E-state index < -0.39 is 6.10 Å². The SMILES string of the molecule is CCn1ncc(Cl)c1C(O)c1cn[nH]c1. The van der Waals surface area contributed by atoms with E-state index in [-0.39, 0.29) is 0 Å². The van der Waals surface area contributed by atoms with Crippen LogP contribution in [0.3, 0.4) is 0 Å². The van der Waals surface area contributed by atoms with Crippen molar-refractivity contribution in [3.8, 4) is 0 Å². The monoisotopic (exact) mass is 226 g/mol. The van der Waals surface area contributed by atoms with Gasteiger partial charge in [0, 0.05) is 18.3 Å². The maximum atomic E-state index is 10.1. The summed E-state index contributed by atoms with van der Waals surface area (Å²) < 4.78 is 1.67. The first-order valence-electron chi connectivity index (χ1n) is 4.62. The summed E-state index contributed by atoms with van der Waals surface area (Å²) in [7, 11) is 0. The van der Waals surface area contributed by atoms with Crippen molar-refractivity contribution in [1.29, 1.82) is 0 Å². The number of aromatic amines is 1. The van der Waals surface area contributed by atoms with Gasteiger partial charge in [0.15, 0.2) is 0 Å². The van der Waals surface area contributed by atoms with Gasteiger partial charge in [0.05, 0.1) is 23.1 Å². The Kier molecular flexibility index (Phi) is 2.75. The van der Waals surface area contributed by atoms with Gasteiger partial charge in [0.25, 0.3) is 0 Å². The van der Waals surface area contributed by atoms with Crippen LogP contribution in [0.4, 0.5) is 0 Å². The minimum atomic E-state index is -0.793. The van der Waals surface area contributed by atoms with Gasteiger partial charge in [-0.3, -0.25) is 9.78 Å². The van der Waals surface area contributed by atoms with E-state index in [1.165, 1.54) is 6.20 Å². The maximum Gasteiger partial charge on any atom is 0.125 e. The van der Waals surface area contributed by atoms with E-state index in [4.69, 9.17) is 11.6 Å². The van der Waals surface area contributed by atoms with Gasteiger partial charge >= 0.3 is 0 Å². The first-order chi connectivity index (χ1) is 7.24. The van der Waals surface area contributed by atoms with Crippen LogP contribution in [0.15, 0.2) is 18.6 Å². The Labute approximate surface area is 91.7 Å². The molecule has 0 bridgehead atoms. The van der Waals surface area contributed by atoms with E-state index in [1.54, 1.807) is 17.1 Å². The highest BCUT2D eigenvalue weighted by molar-refractivity contribution is 6.31. The normalized spacial score (nSPS) is 13.0. The quantitative estimate of drug-likeness (QED) is 0.831. The summed E-state index contributed by atoms with van der Waals surface area (Å²) >= 11 is 5.96. The third-order valence-corrected chi connectivity index (χ3v) is 2.52. The van der Waals surface area contributed by atoms with Crippen molar-refractivity contribution in [3.05, 3.63) is 34.9 Å². The number of rotatable bonds is 3. The second kappa shape index (κ2) is 4.04. The van der Waals surface area contributed by atoms with Crippen LogP contribution in [0.2, 0.25) is 5.02 Å². The average molecular weight is 227 g/mol. The number of aliphatic hydroxyl groups is 1. The van der Waals surface area contributed by atoms with Crippen molar-refractivity contribution < 1.29 is 5.11 Å². The molecule has 1 unspecified atom stereocenters. The molecule has 0 aliphatic heterocycles. The van der Waals surface area contributed by atoms with E-state index in [0.717, 1.165) is 0 Å². The summed E-state index contributed by atoms with van der Waals surface area (Å²) in [6, 6.07) is 0. The lowest BCUT2D eigenvalue weighted by molar-refractivity contribution is 0.208. The van der Waals surface area contributed by atoms with E-state index >= 15 is 0 Å². The molecule has 2 aromatic heterocycles. The summed E-state index contributed by atoms with van der Waals surface area (Å²) in [5, 5.41) is 21.0. The topological polar surface area (TPSA) is 66.7 Å². The zero-order valence-corrected chi connectivity index (χ0v) is 8.94. The zero-order chi connectivity index (χ0) is 10.8. The maximum absolute atomic E-state index is 10.1. The molecule has 2 heterocycles. The molecule has 0 saturated heterocycles. The predicted octanol–water partition coefficient (Wildman–Crippen LogP) is 1.36. The fourth-order valence-corrected chi connectivity index (χ4v) is 1.71. The molecule has 5 nitrogen and oxygen atoms in total. The van der Waals surface area contributed by atoms with Crippen molar-refractivity contribution in [3.63, 3.8) is 0 Å². The summed E-state index contributed by atoms with van der Waals surface area (Å²) in [5.41, 5.74) is 1.27. The third-order valence-electron chi connectivity index (χ3n) is 2.23. The number of aromatic nitrogens is 4. The van der Waals surface area contributed by atoms with Crippen LogP contribution < -0.4 is 0 Å². The molecule has 0 radical (unpaired) electrons. The Bertz CT molecular complexity index is 437. The summed E-state index contributed by atoms with van der Waals surface area (Å²) in [4.78, 5) is 0. The van der Waals surface area contributed by atoms with Crippen LogP contribution in [0.25, 0.3) is 0 Å². The first-order valence-corrected chi connectivity index (χ1v) is 4.99. The Morgan fingerprint density at radius 1 is 1.60 bits per heavy atom. The molecule has 0 saturated carbocycles. The van der Waals surface area contributed by atoms with Gasteiger partial charge in [-0.25, -0.2) is 0 Å². The number of nitrogens with one attached hydrogen (secondary N) is 1. The molecule has 2 N–H and O–H groups in total. The Balaban J connectivity index is 2.40. The molecule has 0 amide bonds. The van der Waals surface area contributed by atoms with Crippen LogP contribution >= 0.6 is 11.6 Å². The Morgan fingerprint density at radius 2 is 2.40 bits per heavy atom. The first kappa shape index (κ1) is 10.2. The highest BCUT2D eigenvalue weighted by atomic mass is 35.5. The number of hydrogen-bond acceptors (Lipinski definition) is 3. The third kappa shape index (κ3) is 1.75. The van der Waals surface area contributed by atoms with E-state index in [9.17, 15) is 5.11 Å². The van der Waals surface area contributed by atoms with E-state index in [2.05, 4.69) is 15.3 Å². The van der Waals surface area contributed by atoms with Gasteiger partial charge in [-0.05, 0) is 6.92 Å². The summed E-state index contributed by atoms with van der Waals surface area (Å²) in [5.74, 6) is 0. The van der Waals surface area contributed by atoms with Crippen LogP contribution in [-0.2, 0) is 6.54 Å². The van der Waals surface area contributed by atoms with Crippen LogP contribution in [0.1, 0.15) is 24.3 Å². The Hall–Kier alpha value is -1.33. The average Bonchev–Trinajstić information content (AvgIpc) is 2.85. The van der Waals surface area contributed by atoms with Crippen LogP contribution in [0.5, 0.6) is 0 Å². The van der Waals surface area contributed by atoms with Crippen molar-refractivity contribution in [2.24, 2.45) is 0 Å². The molecule has 0 aliphatic carbocycles. The van der Waals surface area contributed by atoms with Crippen LogP contribution in [-0.4, -0.2) is 25.1 Å². The van der Waals surface area contributed by atoms with Crippen molar-refractivity contribution in [1.82, 2.24) is 20.0 Å². The number of hydrogen-bond donors (Lipinski definition) is 2. The molecule has 2 rings (SSSR count). The van der Waals surface area contributed by atoms with Crippen LogP contribution in [0, 0.1) is 0 Å². The van der Waals surface area contributed by atoms with Crippen molar-refractivity contribution in [2.75, 3.05) is 0 Å². The van der Waals surface area contributed by atoms with E-state index in [1.807, 2.05) is 6.92 Å². The zero-order valence-electron chi connectivity index (χ0n) is 8.18. The molecule has 2 aromatic rings. The lowest BCUT2D eigenvalue weighted by Gasteiger charge is -2.10. The van der Waals surface area contributed by atoms with Gasteiger partial charge in [0.1, 0.15) is 6.10 Å².